The summed E-state index contributed by atoms with van der Waals surface area (Å²) in [6.07, 6.45) is 0.553. The molecule has 2 aromatic carbocycles. The Morgan fingerprint density at radius 3 is 2.52 bits per heavy atom. The number of pyridine rings is 1. The fourth-order valence-corrected chi connectivity index (χ4v) is 3.90. The molecule has 0 spiro atoms. The average Bonchev–Trinajstić information content (AvgIpc) is 3.10. The van der Waals surface area contributed by atoms with Gasteiger partial charge in [-0.2, -0.15) is 10.1 Å². The Bertz CT molecular complexity index is 1330. The Morgan fingerprint density at radius 2 is 1.82 bits per heavy atom. The minimum absolute atomic E-state index is 0.168. The van der Waals surface area contributed by atoms with E-state index >= 15 is 0 Å². The number of carbonyl (C=O) groups is 1. The lowest BCUT2D eigenvalue weighted by Crippen LogP contribution is -2.13. The number of rotatable bonds is 7. The molecule has 0 saturated heterocycles. The van der Waals surface area contributed by atoms with Gasteiger partial charge < -0.3 is 10.1 Å². The molecular weight excluding hydrogens is 426 g/mol. The summed E-state index contributed by atoms with van der Waals surface area (Å²) in [6, 6.07) is 11.9. The number of benzene rings is 2. The summed E-state index contributed by atoms with van der Waals surface area (Å²) < 4.78 is 34.6. The van der Waals surface area contributed by atoms with Crippen molar-refractivity contribution >= 4 is 22.6 Å². The Hall–Kier alpha value is -3.81. The van der Waals surface area contributed by atoms with Gasteiger partial charge in [0.25, 0.3) is 0 Å². The van der Waals surface area contributed by atoms with Crippen molar-refractivity contribution in [2.45, 2.75) is 33.6 Å². The van der Waals surface area contributed by atoms with Crippen LogP contribution in [0.3, 0.4) is 0 Å². The first-order chi connectivity index (χ1) is 15.9. The predicted molar refractivity (Wildman–Crippen MR) is 123 cm³/mol. The zero-order valence-electron chi connectivity index (χ0n) is 18.7. The van der Waals surface area contributed by atoms with Gasteiger partial charge in [-0.25, -0.2) is 13.5 Å². The van der Waals surface area contributed by atoms with Crippen LogP contribution in [0.2, 0.25) is 0 Å². The van der Waals surface area contributed by atoms with E-state index in [1.54, 1.807) is 28.9 Å². The van der Waals surface area contributed by atoms with Crippen molar-refractivity contribution in [2.75, 3.05) is 11.9 Å². The molecule has 0 unspecified atom stereocenters. The lowest BCUT2D eigenvalue weighted by atomic mass is 10.0. The number of amides is 1. The van der Waals surface area contributed by atoms with Crippen LogP contribution in [-0.4, -0.2) is 27.3 Å². The van der Waals surface area contributed by atoms with Crippen LogP contribution in [-0.2, 0) is 11.2 Å². The third-order valence-corrected chi connectivity index (χ3v) is 5.37. The van der Waals surface area contributed by atoms with Gasteiger partial charge in [0.05, 0.1) is 18.0 Å². The molecule has 0 radical (unpaired) electrons. The standard InChI is InChI=1S/C25H24F2N4O2/c1-4-33-25-21(11-12-22(32)28-19-9-5-7-17(26)13-19)15(2)23-16(3)30-31(24(23)29-25)20-10-6-8-18(27)14-20/h5-10,13-14H,4,11-12H2,1-3H3,(H,28,32). The highest BCUT2D eigenvalue weighted by Crippen LogP contribution is 2.32. The summed E-state index contributed by atoms with van der Waals surface area (Å²) in [7, 11) is 0. The lowest BCUT2D eigenvalue weighted by Gasteiger charge is -2.14. The number of nitrogens with zero attached hydrogens (tertiary/aromatic N) is 3. The number of nitrogens with one attached hydrogen (secondary N) is 1. The van der Waals surface area contributed by atoms with E-state index in [9.17, 15) is 13.6 Å². The Morgan fingerprint density at radius 1 is 1.09 bits per heavy atom. The second-order valence-electron chi connectivity index (χ2n) is 7.69. The number of hydrogen-bond acceptors (Lipinski definition) is 4. The Balaban J connectivity index is 1.68. The third-order valence-electron chi connectivity index (χ3n) is 5.37. The number of aryl methyl sites for hydroxylation is 2. The number of ether oxygens (including phenoxy) is 1. The van der Waals surface area contributed by atoms with Gasteiger partial charge in [0.2, 0.25) is 11.8 Å². The second kappa shape index (κ2) is 9.36. The van der Waals surface area contributed by atoms with Crippen LogP contribution >= 0.6 is 0 Å². The van der Waals surface area contributed by atoms with E-state index in [0.29, 0.717) is 35.9 Å². The van der Waals surface area contributed by atoms with Crippen molar-refractivity contribution in [1.29, 1.82) is 0 Å². The van der Waals surface area contributed by atoms with E-state index in [1.165, 1.54) is 24.3 Å². The van der Waals surface area contributed by atoms with Crippen LogP contribution < -0.4 is 10.1 Å². The molecule has 4 aromatic rings. The zero-order valence-corrected chi connectivity index (χ0v) is 18.7. The predicted octanol–water partition coefficient (Wildman–Crippen LogP) is 5.29. The normalized spacial score (nSPS) is 11.1. The van der Waals surface area contributed by atoms with Crippen LogP contribution in [0, 0.1) is 25.5 Å². The molecule has 0 atom stereocenters. The number of fused-ring (bicyclic) bond motifs is 1. The highest BCUT2D eigenvalue weighted by Gasteiger charge is 2.21. The summed E-state index contributed by atoms with van der Waals surface area (Å²) in [5.41, 5.74) is 3.98. The quantitative estimate of drug-likeness (QED) is 0.416. The molecule has 2 heterocycles. The number of carbonyl (C=O) groups excluding carboxylic acids is 1. The largest absolute Gasteiger partial charge is 0.478 e. The van der Waals surface area contributed by atoms with Gasteiger partial charge in [0, 0.05) is 23.1 Å². The van der Waals surface area contributed by atoms with Crippen LogP contribution in [0.5, 0.6) is 5.88 Å². The second-order valence-corrected chi connectivity index (χ2v) is 7.69. The number of anilines is 1. The number of aromatic nitrogens is 3. The fourth-order valence-electron chi connectivity index (χ4n) is 3.90. The summed E-state index contributed by atoms with van der Waals surface area (Å²) in [4.78, 5) is 17.2. The van der Waals surface area contributed by atoms with Crippen LogP contribution in [0.15, 0.2) is 48.5 Å². The molecule has 0 aliphatic rings. The van der Waals surface area contributed by atoms with Crippen molar-refractivity contribution in [3.8, 4) is 11.6 Å². The topological polar surface area (TPSA) is 69.0 Å². The van der Waals surface area contributed by atoms with Gasteiger partial charge in [0.1, 0.15) is 11.6 Å². The van der Waals surface area contributed by atoms with Gasteiger partial charge in [-0.15, -0.1) is 0 Å². The van der Waals surface area contributed by atoms with Crippen molar-refractivity contribution in [3.05, 3.63) is 77.0 Å². The van der Waals surface area contributed by atoms with E-state index in [1.807, 2.05) is 20.8 Å². The molecule has 8 heteroatoms. The highest BCUT2D eigenvalue weighted by molar-refractivity contribution is 5.91. The maximum atomic E-state index is 13.8. The highest BCUT2D eigenvalue weighted by atomic mass is 19.1. The van der Waals surface area contributed by atoms with E-state index < -0.39 is 5.82 Å². The first kappa shape index (κ1) is 22.4. The number of halogens is 2. The summed E-state index contributed by atoms with van der Waals surface area (Å²) in [5, 5.41) is 8.13. The van der Waals surface area contributed by atoms with Crippen molar-refractivity contribution in [3.63, 3.8) is 0 Å². The zero-order chi connectivity index (χ0) is 23.5. The summed E-state index contributed by atoms with van der Waals surface area (Å²) in [5.74, 6) is -0.604. The van der Waals surface area contributed by atoms with E-state index in [2.05, 4.69) is 10.4 Å². The van der Waals surface area contributed by atoms with Crippen molar-refractivity contribution in [2.24, 2.45) is 0 Å². The van der Waals surface area contributed by atoms with Crippen LogP contribution in [0.25, 0.3) is 16.7 Å². The van der Waals surface area contributed by atoms with Gasteiger partial charge in [-0.3, -0.25) is 4.79 Å². The summed E-state index contributed by atoms with van der Waals surface area (Å²) >= 11 is 0. The lowest BCUT2D eigenvalue weighted by molar-refractivity contribution is -0.116. The monoisotopic (exact) mass is 450 g/mol. The third kappa shape index (κ3) is 4.69. The molecule has 6 nitrogen and oxygen atoms in total. The molecular formula is C25H24F2N4O2. The van der Waals surface area contributed by atoms with Gasteiger partial charge in [-0.05, 0) is 69.2 Å². The van der Waals surface area contributed by atoms with Crippen LogP contribution in [0.1, 0.15) is 30.2 Å². The van der Waals surface area contributed by atoms with Crippen molar-refractivity contribution < 1.29 is 18.3 Å². The molecule has 0 fully saturated rings. The molecule has 4 rings (SSSR count). The smallest absolute Gasteiger partial charge is 0.224 e. The fraction of sp³-hybridized carbons (Fsp3) is 0.240. The molecule has 0 bridgehead atoms. The first-order valence-corrected chi connectivity index (χ1v) is 10.7. The van der Waals surface area contributed by atoms with Crippen LogP contribution in [0.4, 0.5) is 14.5 Å². The minimum atomic E-state index is -0.414. The Kier molecular flexibility index (Phi) is 6.35. The Labute approximate surface area is 190 Å². The van der Waals surface area contributed by atoms with Crippen molar-refractivity contribution in [1.82, 2.24) is 14.8 Å². The summed E-state index contributed by atoms with van der Waals surface area (Å²) in [6.45, 7) is 6.06. The molecule has 1 N–H and O–H groups in total. The number of hydrogen-bond donors (Lipinski definition) is 1. The first-order valence-electron chi connectivity index (χ1n) is 10.7. The molecule has 1 amide bonds. The maximum Gasteiger partial charge on any atom is 0.224 e. The van der Waals surface area contributed by atoms with E-state index in [4.69, 9.17) is 9.72 Å². The SMILES string of the molecule is CCOc1nc2c(c(C)nn2-c2cccc(F)c2)c(C)c1CCC(=O)Nc1cccc(F)c1. The van der Waals surface area contributed by atoms with E-state index in [-0.39, 0.29) is 18.1 Å². The molecule has 2 aromatic heterocycles. The van der Waals surface area contributed by atoms with Gasteiger partial charge >= 0.3 is 0 Å². The molecule has 0 saturated carbocycles. The van der Waals surface area contributed by atoms with Gasteiger partial charge in [-0.1, -0.05) is 12.1 Å². The average molecular weight is 450 g/mol. The maximum absolute atomic E-state index is 13.8. The molecule has 0 aliphatic carbocycles. The van der Waals surface area contributed by atoms with E-state index in [0.717, 1.165) is 22.2 Å². The minimum Gasteiger partial charge on any atom is -0.478 e. The van der Waals surface area contributed by atoms with Gasteiger partial charge in [0.15, 0.2) is 5.65 Å². The molecule has 0 aliphatic heterocycles. The molecule has 170 valence electrons. The molecule has 33 heavy (non-hydrogen) atoms.